The summed E-state index contributed by atoms with van der Waals surface area (Å²) in [6.07, 6.45) is 8.07. The first-order chi connectivity index (χ1) is 11.1. The summed E-state index contributed by atoms with van der Waals surface area (Å²) in [6.45, 7) is 6.96. The van der Waals surface area contributed by atoms with Crippen LogP contribution in [-0.4, -0.2) is 54.6 Å². The average Bonchev–Trinajstić information content (AvgIpc) is 2.58. The van der Waals surface area contributed by atoms with Crippen molar-refractivity contribution in [1.29, 1.82) is 0 Å². The number of ether oxygens (including phenoxy) is 1. The molecular formula is C18H32N2O3. The molecule has 0 aromatic carbocycles. The molecule has 2 aliphatic rings. The van der Waals surface area contributed by atoms with Gasteiger partial charge in [0.2, 0.25) is 5.91 Å². The second kappa shape index (κ2) is 9.14. The summed E-state index contributed by atoms with van der Waals surface area (Å²) in [5.74, 6) is 1.35. The van der Waals surface area contributed by atoms with E-state index in [0.29, 0.717) is 45.1 Å². The molecule has 1 aliphatic heterocycles. The third-order valence-corrected chi connectivity index (χ3v) is 4.92. The molecule has 1 saturated heterocycles. The second-order valence-electron chi connectivity index (χ2n) is 7.38. The lowest BCUT2D eigenvalue weighted by molar-refractivity contribution is -0.133. The summed E-state index contributed by atoms with van der Waals surface area (Å²) >= 11 is 0. The fraction of sp³-hybridized carbons (Fsp3) is 0.889. The number of amides is 2. The number of nitrogens with zero attached hydrogens (tertiary/aromatic N) is 2. The van der Waals surface area contributed by atoms with Gasteiger partial charge >= 0.3 is 6.09 Å². The maximum atomic E-state index is 12.3. The van der Waals surface area contributed by atoms with Crippen molar-refractivity contribution in [3.8, 4) is 0 Å². The van der Waals surface area contributed by atoms with E-state index in [4.69, 9.17) is 4.74 Å². The number of rotatable bonds is 5. The lowest BCUT2D eigenvalue weighted by atomic mass is 9.86. The van der Waals surface area contributed by atoms with Gasteiger partial charge in [-0.3, -0.25) is 4.79 Å². The van der Waals surface area contributed by atoms with Gasteiger partial charge < -0.3 is 14.5 Å². The molecule has 1 aliphatic carbocycles. The van der Waals surface area contributed by atoms with E-state index in [1.54, 1.807) is 4.90 Å². The molecule has 5 heteroatoms. The summed E-state index contributed by atoms with van der Waals surface area (Å²) in [5, 5.41) is 0. The van der Waals surface area contributed by atoms with E-state index in [0.717, 1.165) is 12.3 Å². The van der Waals surface area contributed by atoms with E-state index in [1.165, 1.54) is 32.1 Å². The highest BCUT2D eigenvalue weighted by molar-refractivity contribution is 5.76. The highest BCUT2D eigenvalue weighted by Gasteiger charge is 2.25. The first-order valence-corrected chi connectivity index (χ1v) is 9.25. The van der Waals surface area contributed by atoms with Crippen molar-refractivity contribution in [3.05, 3.63) is 0 Å². The molecule has 2 fully saturated rings. The van der Waals surface area contributed by atoms with Gasteiger partial charge in [-0.1, -0.05) is 46.0 Å². The summed E-state index contributed by atoms with van der Waals surface area (Å²) in [4.78, 5) is 27.9. The Morgan fingerprint density at radius 1 is 1.00 bits per heavy atom. The minimum absolute atomic E-state index is 0.243. The van der Waals surface area contributed by atoms with Crippen LogP contribution in [0.5, 0.6) is 0 Å². The first-order valence-electron chi connectivity index (χ1n) is 9.25. The molecule has 2 rings (SSSR count). The van der Waals surface area contributed by atoms with Crippen LogP contribution < -0.4 is 0 Å². The van der Waals surface area contributed by atoms with Gasteiger partial charge in [-0.2, -0.15) is 0 Å². The fourth-order valence-electron chi connectivity index (χ4n) is 3.43. The quantitative estimate of drug-likeness (QED) is 0.780. The average molecular weight is 324 g/mol. The highest BCUT2D eigenvalue weighted by Crippen LogP contribution is 2.27. The minimum atomic E-state index is -0.243. The first kappa shape index (κ1) is 18.1. The second-order valence-corrected chi connectivity index (χ2v) is 7.38. The van der Waals surface area contributed by atoms with Crippen LogP contribution in [0.3, 0.4) is 0 Å². The van der Waals surface area contributed by atoms with Gasteiger partial charge in [-0.25, -0.2) is 4.79 Å². The van der Waals surface area contributed by atoms with E-state index >= 15 is 0 Å². The van der Waals surface area contributed by atoms with Crippen LogP contribution >= 0.6 is 0 Å². The minimum Gasteiger partial charge on any atom is -0.449 e. The Hall–Kier alpha value is -1.26. The molecular weight excluding hydrogens is 292 g/mol. The predicted octanol–water partition coefficient (Wildman–Crippen LogP) is 3.28. The Balaban J connectivity index is 1.64. The molecule has 0 bridgehead atoms. The van der Waals surface area contributed by atoms with Crippen LogP contribution in [0.4, 0.5) is 4.79 Å². The molecule has 0 unspecified atom stereocenters. The molecule has 0 radical (unpaired) electrons. The van der Waals surface area contributed by atoms with Gasteiger partial charge in [0.25, 0.3) is 0 Å². The zero-order valence-corrected chi connectivity index (χ0v) is 14.8. The Kier molecular flexibility index (Phi) is 7.18. The van der Waals surface area contributed by atoms with Crippen LogP contribution in [0.1, 0.15) is 58.8 Å². The van der Waals surface area contributed by atoms with E-state index in [1.807, 2.05) is 18.7 Å². The van der Waals surface area contributed by atoms with Crippen molar-refractivity contribution in [3.63, 3.8) is 0 Å². The Bertz CT molecular complexity index is 384. The third-order valence-electron chi connectivity index (χ3n) is 4.92. The van der Waals surface area contributed by atoms with Crippen molar-refractivity contribution < 1.29 is 14.3 Å². The molecule has 0 spiro atoms. The third kappa shape index (κ3) is 6.04. The summed E-state index contributed by atoms with van der Waals surface area (Å²) < 4.78 is 5.25. The molecule has 0 aromatic rings. The van der Waals surface area contributed by atoms with E-state index < -0.39 is 0 Å². The monoisotopic (exact) mass is 324 g/mol. The van der Waals surface area contributed by atoms with Crippen LogP contribution in [0.25, 0.3) is 0 Å². The number of carbonyl (C=O) groups is 2. The lowest BCUT2D eigenvalue weighted by Crippen LogP contribution is -2.50. The van der Waals surface area contributed by atoms with Crippen molar-refractivity contribution in [2.75, 3.05) is 32.8 Å². The summed E-state index contributed by atoms with van der Waals surface area (Å²) in [5.41, 5.74) is 0. The van der Waals surface area contributed by atoms with Gasteiger partial charge in [-0.15, -0.1) is 0 Å². The van der Waals surface area contributed by atoms with E-state index in [2.05, 4.69) is 0 Å². The number of hydrogen-bond acceptors (Lipinski definition) is 3. The Morgan fingerprint density at radius 3 is 2.22 bits per heavy atom. The van der Waals surface area contributed by atoms with Crippen LogP contribution in [-0.2, 0) is 9.53 Å². The number of carbonyl (C=O) groups excluding carboxylic acids is 2. The van der Waals surface area contributed by atoms with Crippen LogP contribution in [0.2, 0.25) is 0 Å². The van der Waals surface area contributed by atoms with Crippen LogP contribution in [0.15, 0.2) is 0 Å². The molecule has 1 saturated carbocycles. The van der Waals surface area contributed by atoms with E-state index in [9.17, 15) is 9.59 Å². The molecule has 23 heavy (non-hydrogen) atoms. The van der Waals surface area contributed by atoms with Gasteiger partial charge in [0, 0.05) is 32.6 Å². The number of piperazine rings is 1. The van der Waals surface area contributed by atoms with E-state index in [-0.39, 0.29) is 12.0 Å². The maximum absolute atomic E-state index is 12.3. The standard InChI is InChI=1S/C18H32N2O3/c1-15(2)14-23-18(22)20-12-10-19(11-13-20)17(21)9-8-16-6-4-3-5-7-16/h15-16H,3-14H2,1-2H3. The Morgan fingerprint density at radius 2 is 1.61 bits per heavy atom. The van der Waals surface area contributed by atoms with Crippen LogP contribution in [0, 0.1) is 11.8 Å². The van der Waals surface area contributed by atoms with Crippen molar-refractivity contribution >= 4 is 12.0 Å². The van der Waals surface area contributed by atoms with Gasteiger partial charge in [-0.05, 0) is 18.3 Å². The van der Waals surface area contributed by atoms with Crippen molar-refractivity contribution in [2.24, 2.45) is 11.8 Å². The molecule has 0 N–H and O–H groups in total. The molecule has 132 valence electrons. The zero-order valence-electron chi connectivity index (χ0n) is 14.8. The SMILES string of the molecule is CC(C)COC(=O)N1CCN(C(=O)CCC2CCCCC2)CC1. The molecule has 1 heterocycles. The summed E-state index contributed by atoms with van der Waals surface area (Å²) in [7, 11) is 0. The topological polar surface area (TPSA) is 49.9 Å². The molecule has 0 aromatic heterocycles. The van der Waals surface area contributed by atoms with Crippen molar-refractivity contribution in [1.82, 2.24) is 9.80 Å². The normalized spacial score (nSPS) is 20.0. The van der Waals surface area contributed by atoms with Gasteiger partial charge in [0.05, 0.1) is 6.61 Å². The smallest absolute Gasteiger partial charge is 0.409 e. The Labute approximate surface area is 140 Å². The summed E-state index contributed by atoms with van der Waals surface area (Å²) in [6, 6.07) is 0. The zero-order chi connectivity index (χ0) is 16.7. The predicted molar refractivity (Wildman–Crippen MR) is 90.1 cm³/mol. The largest absolute Gasteiger partial charge is 0.449 e. The highest BCUT2D eigenvalue weighted by atomic mass is 16.6. The fourth-order valence-corrected chi connectivity index (χ4v) is 3.43. The molecule has 2 amide bonds. The number of hydrogen-bond donors (Lipinski definition) is 0. The molecule has 0 atom stereocenters. The van der Waals surface area contributed by atoms with Crippen molar-refractivity contribution in [2.45, 2.75) is 58.8 Å². The molecule has 5 nitrogen and oxygen atoms in total. The maximum Gasteiger partial charge on any atom is 0.409 e. The van der Waals surface area contributed by atoms with Gasteiger partial charge in [0.1, 0.15) is 0 Å². The lowest BCUT2D eigenvalue weighted by Gasteiger charge is -2.34. The van der Waals surface area contributed by atoms with Gasteiger partial charge in [0.15, 0.2) is 0 Å².